The fourth-order valence-corrected chi connectivity index (χ4v) is 2.76. The van der Waals surface area contributed by atoms with Crippen LogP contribution in [0, 0.1) is 0 Å². The Morgan fingerprint density at radius 3 is 3.10 bits per heavy atom. The average Bonchev–Trinajstić information content (AvgIpc) is 3.09. The largest absolute Gasteiger partial charge is 0.369 e. The third-order valence-electron chi connectivity index (χ3n) is 3.16. The fraction of sp³-hybridized carbons (Fsp3) is 0.462. The van der Waals surface area contributed by atoms with Crippen LogP contribution in [0.3, 0.4) is 0 Å². The highest BCUT2D eigenvalue weighted by Gasteiger charge is 2.22. The minimum atomic E-state index is 0.136. The molecule has 4 N–H and O–H groups in total. The van der Waals surface area contributed by atoms with Gasteiger partial charge in [-0.05, 0) is 30.7 Å². The Kier molecular flexibility index (Phi) is 3.68. The van der Waals surface area contributed by atoms with Crippen LogP contribution in [0.25, 0.3) is 10.2 Å². The van der Waals surface area contributed by atoms with Crippen LogP contribution in [0.2, 0.25) is 0 Å². The number of nitrogens with one attached hydrogen (secondary N) is 2. The minimum absolute atomic E-state index is 0.136. The monoisotopic (exact) mass is 291 g/mol. The van der Waals surface area contributed by atoms with Gasteiger partial charge in [-0.15, -0.1) is 11.3 Å². The van der Waals surface area contributed by atoms with E-state index in [0.29, 0.717) is 19.0 Å². The summed E-state index contributed by atoms with van der Waals surface area (Å²) in [5.41, 5.74) is 5.68. The van der Waals surface area contributed by atoms with Crippen molar-refractivity contribution in [2.45, 2.75) is 31.7 Å². The van der Waals surface area contributed by atoms with Crippen LogP contribution in [0.15, 0.2) is 11.4 Å². The fourth-order valence-electron chi connectivity index (χ4n) is 1.99. The van der Waals surface area contributed by atoms with E-state index in [0.717, 1.165) is 35.3 Å². The Bertz CT molecular complexity index is 622. The number of anilines is 2. The van der Waals surface area contributed by atoms with Crippen LogP contribution in [0.4, 0.5) is 11.8 Å². The van der Waals surface area contributed by atoms with Gasteiger partial charge in [0, 0.05) is 19.0 Å². The van der Waals surface area contributed by atoms with Gasteiger partial charge in [-0.1, -0.05) is 0 Å². The standard InChI is InChI=1S/C13H17N5OS/c14-13-17-11(9-5-7-20-12(9)18-13)15-6-1-2-10(19)16-8-3-4-8/h5,7-8H,1-4,6H2,(H,16,19)(H3,14,15,17,18). The molecule has 1 fully saturated rings. The maximum absolute atomic E-state index is 11.5. The summed E-state index contributed by atoms with van der Waals surface area (Å²) in [5, 5.41) is 9.15. The predicted molar refractivity (Wildman–Crippen MR) is 80.7 cm³/mol. The second kappa shape index (κ2) is 5.62. The second-order valence-corrected chi connectivity index (χ2v) is 5.84. The lowest BCUT2D eigenvalue weighted by atomic mass is 10.3. The number of amides is 1. The van der Waals surface area contributed by atoms with E-state index >= 15 is 0 Å². The Labute approximate surface area is 120 Å². The number of fused-ring (bicyclic) bond motifs is 1. The molecule has 20 heavy (non-hydrogen) atoms. The number of thiophene rings is 1. The molecule has 0 aliphatic heterocycles. The molecule has 0 aromatic carbocycles. The number of rotatable bonds is 6. The molecule has 0 unspecified atom stereocenters. The van der Waals surface area contributed by atoms with Crippen molar-refractivity contribution >= 4 is 39.2 Å². The first-order valence-corrected chi connectivity index (χ1v) is 7.64. The summed E-state index contributed by atoms with van der Waals surface area (Å²) in [7, 11) is 0. The topological polar surface area (TPSA) is 92.9 Å². The van der Waals surface area contributed by atoms with E-state index in [4.69, 9.17) is 5.73 Å². The van der Waals surface area contributed by atoms with Gasteiger partial charge in [0.25, 0.3) is 0 Å². The van der Waals surface area contributed by atoms with Crippen LogP contribution in [0.5, 0.6) is 0 Å². The molecule has 6 nitrogen and oxygen atoms in total. The van der Waals surface area contributed by atoms with Gasteiger partial charge in [-0.2, -0.15) is 4.98 Å². The summed E-state index contributed by atoms with van der Waals surface area (Å²) in [6.07, 6.45) is 3.56. The molecular weight excluding hydrogens is 274 g/mol. The van der Waals surface area contributed by atoms with Gasteiger partial charge in [0.05, 0.1) is 5.39 Å². The molecule has 0 radical (unpaired) electrons. The van der Waals surface area contributed by atoms with E-state index in [1.807, 2.05) is 11.4 Å². The molecule has 7 heteroatoms. The van der Waals surface area contributed by atoms with E-state index < -0.39 is 0 Å². The zero-order chi connectivity index (χ0) is 13.9. The van der Waals surface area contributed by atoms with E-state index in [2.05, 4.69) is 20.6 Å². The zero-order valence-corrected chi connectivity index (χ0v) is 11.9. The average molecular weight is 291 g/mol. The molecular formula is C13H17N5OS. The zero-order valence-electron chi connectivity index (χ0n) is 11.1. The number of carbonyl (C=O) groups is 1. The van der Waals surface area contributed by atoms with E-state index in [1.54, 1.807) is 0 Å². The number of aromatic nitrogens is 2. The van der Waals surface area contributed by atoms with E-state index in [1.165, 1.54) is 11.3 Å². The maximum Gasteiger partial charge on any atom is 0.223 e. The molecule has 3 rings (SSSR count). The van der Waals surface area contributed by atoms with Crippen molar-refractivity contribution in [2.24, 2.45) is 0 Å². The van der Waals surface area contributed by atoms with E-state index in [-0.39, 0.29) is 11.9 Å². The molecule has 2 aromatic heterocycles. The lowest BCUT2D eigenvalue weighted by Gasteiger charge is -2.07. The molecule has 2 heterocycles. The summed E-state index contributed by atoms with van der Waals surface area (Å²) in [6.45, 7) is 0.694. The van der Waals surface area contributed by atoms with Crippen molar-refractivity contribution in [1.82, 2.24) is 15.3 Å². The second-order valence-electron chi connectivity index (χ2n) is 4.94. The molecule has 0 spiro atoms. The number of nitrogens with two attached hydrogens (primary N) is 1. The van der Waals surface area contributed by atoms with Gasteiger partial charge in [-0.3, -0.25) is 4.79 Å². The Balaban J connectivity index is 1.51. The molecule has 0 saturated heterocycles. The van der Waals surface area contributed by atoms with Crippen LogP contribution >= 0.6 is 11.3 Å². The molecule has 106 valence electrons. The maximum atomic E-state index is 11.5. The number of hydrogen-bond donors (Lipinski definition) is 3. The number of hydrogen-bond acceptors (Lipinski definition) is 6. The predicted octanol–water partition coefficient (Wildman–Crippen LogP) is 1.74. The Hall–Kier alpha value is -1.89. The molecule has 2 aromatic rings. The first kappa shape index (κ1) is 13.1. The van der Waals surface area contributed by atoms with Gasteiger partial charge in [-0.25, -0.2) is 4.98 Å². The lowest BCUT2D eigenvalue weighted by Crippen LogP contribution is -2.25. The van der Waals surface area contributed by atoms with Crippen LogP contribution < -0.4 is 16.4 Å². The van der Waals surface area contributed by atoms with Crippen molar-refractivity contribution in [3.8, 4) is 0 Å². The molecule has 0 bridgehead atoms. The smallest absolute Gasteiger partial charge is 0.223 e. The summed E-state index contributed by atoms with van der Waals surface area (Å²) >= 11 is 1.54. The third kappa shape index (κ3) is 3.16. The Morgan fingerprint density at radius 2 is 2.30 bits per heavy atom. The minimum Gasteiger partial charge on any atom is -0.369 e. The van der Waals surface area contributed by atoms with Crippen LogP contribution in [-0.2, 0) is 4.79 Å². The van der Waals surface area contributed by atoms with Crippen molar-refractivity contribution in [3.63, 3.8) is 0 Å². The van der Waals surface area contributed by atoms with Crippen molar-refractivity contribution in [2.75, 3.05) is 17.6 Å². The van der Waals surface area contributed by atoms with E-state index in [9.17, 15) is 4.79 Å². The SMILES string of the molecule is Nc1nc(NCCCC(=O)NC2CC2)c2ccsc2n1. The van der Waals surface area contributed by atoms with Gasteiger partial charge < -0.3 is 16.4 Å². The normalized spacial score (nSPS) is 14.4. The highest BCUT2D eigenvalue weighted by molar-refractivity contribution is 7.16. The molecule has 1 amide bonds. The number of nitrogens with zero attached hydrogens (tertiary/aromatic N) is 2. The molecule has 1 aliphatic carbocycles. The Morgan fingerprint density at radius 1 is 1.45 bits per heavy atom. The lowest BCUT2D eigenvalue weighted by molar-refractivity contribution is -0.121. The molecule has 1 saturated carbocycles. The third-order valence-corrected chi connectivity index (χ3v) is 3.96. The number of nitrogen functional groups attached to an aromatic ring is 1. The number of carbonyl (C=O) groups excluding carboxylic acids is 1. The summed E-state index contributed by atoms with van der Waals surface area (Å²) in [4.78, 5) is 20.8. The molecule has 0 atom stereocenters. The summed E-state index contributed by atoms with van der Waals surface area (Å²) in [5.74, 6) is 1.16. The highest BCUT2D eigenvalue weighted by atomic mass is 32.1. The van der Waals surface area contributed by atoms with Crippen molar-refractivity contribution in [3.05, 3.63) is 11.4 Å². The van der Waals surface area contributed by atoms with Crippen LogP contribution in [-0.4, -0.2) is 28.5 Å². The van der Waals surface area contributed by atoms with Crippen molar-refractivity contribution in [1.29, 1.82) is 0 Å². The quantitative estimate of drug-likeness (QED) is 0.705. The van der Waals surface area contributed by atoms with Crippen LogP contribution in [0.1, 0.15) is 25.7 Å². The first-order chi connectivity index (χ1) is 9.72. The summed E-state index contributed by atoms with van der Waals surface area (Å²) < 4.78 is 0. The van der Waals surface area contributed by atoms with Gasteiger partial charge in [0.2, 0.25) is 11.9 Å². The van der Waals surface area contributed by atoms with Gasteiger partial charge in [0.15, 0.2) is 0 Å². The first-order valence-electron chi connectivity index (χ1n) is 6.76. The summed E-state index contributed by atoms with van der Waals surface area (Å²) in [6, 6.07) is 2.41. The van der Waals surface area contributed by atoms with Crippen molar-refractivity contribution < 1.29 is 4.79 Å². The van der Waals surface area contributed by atoms with Gasteiger partial charge in [0.1, 0.15) is 10.6 Å². The molecule has 1 aliphatic rings. The highest BCUT2D eigenvalue weighted by Crippen LogP contribution is 2.25. The van der Waals surface area contributed by atoms with Gasteiger partial charge >= 0.3 is 0 Å².